The van der Waals surface area contributed by atoms with E-state index in [4.69, 9.17) is 0 Å². The lowest BCUT2D eigenvalue weighted by molar-refractivity contribution is -0.137. The van der Waals surface area contributed by atoms with Crippen molar-refractivity contribution in [1.82, 2.24) is 15.1 Å². The number of nitrogens with one attached hydrogen (secondary N) is 1. The zero-order valence-electron chi connectivity index (χ0n) is 14.9. The summed E-state index contributed by atoms with van der Waals surface area (Å²) in [5, 5.41) is 3.24. The van der Waals surface area contributed by atoms with Crippen LogP contribution >= 0.6 is 0 Å². The number of piperidine rings is 1. The Morgan fingerprint density at radius 3 is 2.58 bits per heavy atom. The van der Waals surface area contributed by atoms with E-state index < -0.39 is 0 Å². The van der Waals surface area contributed by atoms with E-state index in [9.17, 15) is 4.79 Å². The summed E-state index contributed by atoms with van der Waals surface area (Å²) in [6, 6.07) is 10.6. The maximum Gasteiger partial charge on any atom is 0.239 e. The summed E-state index contributed by atoms with van der Waals surface area (Å²) >= 11 is 0. The van der Waals surface area contributed by atoms with Crippen LogP contribution in [0, 0.1) is 5.92 Å². The summed E-state index contributed by atoms with van der Waals surface area (Å²) in [4.78, 5) is 17.5. The summed E-state index contributed by atoms with van der Waals surface area (Å²) in [5.74, 6) is 1.15. The molecule has 4 nitrogen and oxygen atoms in total. The van der Waals surface area contributed by atoms with E-state index in [1.165, 1.54) is 24.8 Å². The Morgan fingerprint density at radius 1 is 1.12 bits per heavy atom. The molecule has 0 saturated carbocycles. The van der Waals surface area contributed by atoms with Gasteiger partial charge in [-0.3, -0.25) is 9.69 Å². The Hall–Kier alpha value is -1.39. The molecule has 0 radical (unpaired) electrons. The monoisotopic (exact) mass is 329 g/mol. The van der Waals surface area contributed by atoms with Gasteiger partial charge in [-0.1, -0.05) is 30.3 Å². The molecule has 0 spiro atoms. The minimum absolute atomic E-state index is 0.0964. The van der Waals surface area contributed by atoms with Gasteiger partial charge in [0.2, 0.25) is 5.91 Å². The first-order chi connectivity index (χ1) is 11.8. The molecule has 3 rings (SSSR count). The van der Waals surface area contributed by atoms with Crippen LogP contribution in [0.3, 0.4) is 0 Å². The lowest BCUT2D eigenvalue weighted by atomic mass is 9.93. The van der Waals surface area contributed by atoms with Gasteiger partial charge in [-0.05, 0) is 63.7 Å². The van der Waals surface area contributed by atoms with Gasteiger partial charge in [-0.2, -0.15) is 0 Å². The van der Waals surface area contributed by atoms with E-state index in [-0.39, 0.29) is 6.04 Å². The Morgan fingerprint density at radius 2 is 1.88 bits per heavy atom. The van der Waals surface area contributed by atoms with Gasteiger partial charge in [0, 0.05) is 19.6 Å². The fraction of sp³-hybridized carbons (Fsp3) is 0.650. The molecule has 1 atom stereocenters. The topological polar surface area (TPSA) is 35.6 Å². The number of hydrogen-bond donors (Lipinski definition) is 1. The molecule has 0 bridgehead atoms. The second-order valence-corrected chi connectivity index (χ2v) is 7.27. The van der Waals surface area contributed by atoms with Crippen molar-refractivity contribution in [1.29, 1.82) is 0 Å². The molecule has 2 fully saturated rings. The Balaban J connectivity index is 1.52. The van der Waals surface area contributed by atoms with Crippen molar-refractivity contribution in [2.24, 2.45) is 5.92 Å². The SMILES string of the molecule is CNCCC1CCN(C(=O)C2CCCN2Cc2ccccc2)CC1. The minimum atomic E-state index is 0.0964. The van der Waals surface area contributed by atoms with Crippen molar-refractivity contribution in [3.8, 4) is 0 Å². The first-order valence-corrected chi connectivity index (χ1v) is 9.49. The van der Waals surface area contributed by atoms with Crippen LogP contribution in [0.15, 0.2) is 30.3 Å². The minimum Gasteiger partial charge on any atom is -0.341 e. The molecule has 24 heavy (non-hydrogen) atoms. The van der Waals surface area contributed by atoms with Crippen LogP contribution in [0.25, 0.3) is 0 Å². The molecular weight excluding hydrogens is 298 g/mol. The predicted molar refractivity (Wildman–Crippen MR) is 97.7 cm³/mol. The normalized spacial score (nSPS) is 22.9. The van der Waals surface area contributed by atoms with Crippen molar-refractivity contribution in [3.05, 3.63) is 35.9 Å². The first kappa shape index (κ1) is 17.4. The first-order valence-electron chi connectivity index (χ1n) is 9.49. The van der Waals surface area contributed by atoms with Gasteiger partial charge in [-0.15, -0.1) is 0 Å². The summed E-state index contributed by atoms with van der Waals surface area (Å²) in [6.45, 7) is 4.93. The van der Waals surface area contributed by atoms with Crippen LogP contribution < -0.4 is 5.32 Å². The van der Waals surface area contributed by atoms with Crippen LogP contribution in [0.1, 0.15) is 37.7 Å². The molecule has 4 heteroatoms. The largest absolute Gasteiger partial charge is 0.341 e. The van der Waals surface area contributed by atoms with Crippen molar-refractivity contribution in [2.75, 3.05) is 33.2 Å². The molecule has 2 heterocycles. The molecule has 1 unspecified atom stereocenters. The van der Waals surface area contributed by atoms with Crippen LogP contribution in [0.5, 0.6) is 0 Å². The van der Waals surface area contributed by atoms with Crippen molar-refractivity contribution < 1.29 is 4.79 Å². The van der Waals surface area contributed by atoms with E-state index in [1.807, 2.05) is 13.1 Å². The third kappa shape index (κ3) is 4.37. The van der Waals surface area contributed by atoms with Gasteiger partial charge < -0.3 is 10.2 Å². The second-order valence-electron chi connectivity index (χ2n) is 7.27. The van der Waals surface area contributed by atoms with E-state index >= 15 is 0 Å². The summed E-state index contributed by atoms with van der Waals surface area (Å²) < 4.78 is 0. The number of amides is 1. The Bertz CT molecular complexity index is 511. The zero-order chi connectivity index (χ0) is 16.8. The number of nitrogens with zero attached hydrogens (tertiary/aromatic N) is 2. The average Bonchev–Trinajstić information content (AvgIpc) is 3.09. The third-order valence-corrected chi connectivity index (χ3v) is 5.61. The summed E-state index contributed by atoms with van der Waals surface area (Å²) in [5.41, 5.74) is 1.31. The summed E-state index contributed by atoms with van der Waals surface area (Å²) in [7, 11) is 2.01. The molecule has 1 amide bonds. The van der Waals surface area contributed by atoms with E-state index in [0.29, 0.717) is 5.91 Å². The molecular formula is C20H31N3O. The van der Waals surface area contributed by atoms with E-state index in [2.05, 4.69) is 39.4 Å². The van der Waals surface area contributed by atoms with Crippen LogP contribution in [0.4, 0.5) is 0 Å². The van der Waals surface area contributed by atoms with E-state index in [1.54, 1.807) is 0 Å². The molecule has 132 valence electrons. The molecule has 2 aliphatic heterocycles. The number of carbonyl (C=O) groups excluding carboxylic acids is 1. The standard InChI is InChI=1S/C20H31N3O/c1-21-12-9-17-10-14-22(15-11-17)20(24)19-8-5-13-23(19)16-18-6-3-2-4-7-18/h2-4,6-7,17,19,21H,5,8-16H2,1H3. The third-order valence-electron chi connectivity index (χ3n) is 5.61. The Labute approximate surface area is 146 Å². The highest BCUT2D eigenvalue weighted by Crippen LogP contribution is 2.25. The van der Waals surface area contributed by atoms with Gasteiger partial charge in [0.25, 0.3) is 0 Å². The zero-order valence-corrected chi connectivity index (χ0v) is 14.9. The van der Waals surface area contributed by atoms with Gasteiger partial charge in [0.1, 0.15) is 0 Å². The summed E-state index contributed by atoms with van der Waals surface area (Å²) in [6.07, 6.45) is 5.73. The maximum atomic E-state index is 13.0. The van der Waals surface area contributed by atoms with Gasteiger partial charge >= 0.3 is 0 Å². The second kappa shape index (κ2) is 8.63. The van der Waals surface area contributed by atoms with Crippen LogP contribution in [-0.2, 0) is 11.3 Å². The molecule has 2 saturated heterocycles. The van der Waals surface area contributed by atoms with Crippen molar-refractivity contribution >= 4 is 5.91 Å². The van der Waals surface area contributed by atoms with Gasteiger partial charge in [-0.25, -0.2) is 0 Å². The van der Waals surface area contributed by atoms with Gasteiger partial charge in [0.15, 0.2) is 0 Å². The lowest BCUT2D eigenvalue weighted by Gasteiger charge is -2.35. The van der Waals surface area contributed by atoms with Gasteiger partial charge in [0.05, 0.1) is 6.04 Å². The number of rotatable bonds is 6. The number of hydrogen-bond acceptors (Lipinski definition) is 3. The Kier molecular flexibility index (Phi) is 6.27. The smallest absolute Gasteiger partial charge is 0.239 e. The molecule has 0 aliphatic carbocycles. The number of benzene rings is 1. The molecule has 2 aliphatic rings. The van der Waals surface area contributed by atoms with E-state index in [0.717, 1.165) is 51.5 Å². The molecule has 1 N–H and O–H groups in total. The lowest BCUT2D eigenvalue weighted by Crippen LogP contribution is -2.48. The van der Waals surface area contributed by atoms with Crippen molar-refractivity contribution in [3.63, 3.8) is 0 Å². The molecule has 1 aromatic rings. The van der Waals surface area contributed by atoms with Crippen molar-refractivity contribution in [2.45, 2.75) is 44.7 Å². The number of carbonyl (C=O) groups is 1. The predicted octanol–water partition coefficient (Wildman–Crippen LogP) is 2.50. The molecule has 1 aromatic carbocycles. The maximum absolute atomic E-state index is 13.0. The fourth-order valence-corrected chi connectivity index (χ4v) is 4.11. The highest BCUT2D eigenvalue weighted by molar-refractivity contribution is 5.82. The van der Waals surface area contributed by atoms with Crippen LogP contribution in [0.2, 0.25) is 0 Å². The average molecular weight is 329 g/mol. The fourth-order valence-electron chi connectivity index (χ4n) is 4.11. The highest BCUT2D eigenvalue weighted by Gasteiger charge is 2.34. The highest BCUT2D eigenvalue weighted by atomic mass is 16.2. The molecule has 0 aromatic heterocycles. The van der Waals surface area contributed by atoms with Crippen LogP contribution in [-0.4, -0.2) is 55.0 Å². The quantitative estimate of drug-likeness (QED) is 0.871. The number of likely N-dealkylation sites (tertiary alicyclic amines) is 2.